The van der Waals surface area contributed by atoms with E-state index in [9.17, 15) is 19.8 Å². The van der Waals surface area contributed by atoms with Crippen LogP contribution in [0.25, 0.3) is 11.2 Å². The lowest BCUT2D eigenvalue weighted by atomic mass is 10.2. The molecule has 0 aliphatic carbocycles. The molecule has 0 amide bonds. The van der Waals surface area contributed by atoms with Gasteiger partial charge in [0.05, 0.1) is 12.8 Å². The average molecular weight is 485 g/mol. The summed E-state index contributed by atoms with van der Waals surface area (Å²) in [6.45, 7) is -0.161. The molecule has 0 radical (unpaired) electrons. The van der Waals surface area contributed by atoms with E-state index in [4.69, 9.17) is 16.3 Å². The van der Waals surface area contributed by atoms with Gasteiger partial charge in [0.25, 0.3) is 5.56 Å². The van der Waals surface area contributed by atoms with E-state index in [2.05, 4.69) is 20.5 Å². The number of aromatic hydroxyl groups is 1. The van der Waals surface area contributed by atoms with Gasteiger partial charge in [-0.3, -0.25) is 14.3 Å². The van der Waals surface area contributed by atoms with E-state index in [1.165, 1.54) is 28.5 Å². The Labute approximate surface area is 197 Å². The standard InChI is InChI=1S/C22H21ClN6O5/c1-28-19-18(20(32)26-22(28)33)29(11-15(30)12-34-16-8-6-14(23)7-9-16)21(25-19)27-24-10-13-4-2-3-5-17(13)31/h2-10,15,30-31H,11-12H2,1H3,(H,25,27)(H,26,32,33)/b24-10+/t15-/m0/s1. The molecule has 0 aliphatic heterocycles. The van der Waals surface area contributed by atoms with Gasteiger partial charge in [-0.1, -0.05) is 23.7 Å². The number of phenolic OH excluding ortho intramolecular Hbond substituents is 1. The first-order chi connectivity index (χ1) is 16.3. The maximum atomic E-state index is 12.6. The zero-order valence-corrected chi connectivity index (χ0v) is 18.7. The predicted molar refractivity (Wildman–Crippen MR) is 128 cm³/mol. The van der Waals surface area contributed by atoms with E-state index in [-0.39, 0.29) is 36.0 Å². The molecule has 4 N–H and O–H groups in total. The van der Waals surface area contributed by atoms with Crippen molar-refractivity contribution in [3.05, 3.63) is 80.0 Å². The van der Waals surface area contributed by atoms with Crippen LogP contribution in [0, 0.1) is 0 Å². The minimum atomic E-state index is -1.03. The largest absolute Gasteiger partial charge is 0.507 e. The van der Waals surface area contributed by atoms with Gasteiger partial charge in [0, 0.05) is 17.6 Å². The highest BCUT2D eigenvalue weighted by Crippen LogP contribution is 2.19. The molecule has 4 rings (SSSR count). The summed E-state index contributed by atoms with van der Waals surface area (Å²) in [6, 6.07) is 13.3. The predicted octanol–water partition coefficient (Wildman–Crippen LogP) is 1.67. The van der Waals surface area contributed by atoms with Crippen LogP contribution >= 0.6 is 11.6 Å². The van der Waals surface area contributed by atoms with Crippen molar-refractivity contribution in [1.29, 1.82) is 0 Å². The van der Waals surface area contributed by atoms with Gasteiger partial charge in [0.2, 0.25) is 5.95 Å². The van der Waals surface area contributed by atoms with E-state index in [1.54, 1.807) is 42.5 Å². The number of aromatic nitrogens is 4. The van der Waals surface area contributed by atoms with Crippen LogP contribution < -0.4 is 21.4 Å². The molecule has 0 bridgehead atoms. The van der Waals surface area contributed by atoms with Gasteiger partial charge in [0.1, 0.15) is 24.2 Å². The molecule has 0 aliphatic rings. The van der Waals surface area contributed by atoms with Crippen LogP contribution in [0.4, 0.5) is 5.95 Å². The number of hydrogen-bond acceptors (Lipinski definition) is 8. The van der Waals surface area contributed by atoms with Crippen molar-refractivity contribution in [3.8, 4) is 11.5 Å². The molecule has 1 atom stereocenters. The number of H-pyrrole nitrogens is 1. The molecule has 2 aromatic carbocycles. The highest BCUT2D eigenvalue weighted by atomic mass is 35.5. The van der Waals surface area contributed by atoms with Crippen molar-refractivity contribution in [2.75, 3.05) is 12.0 Å². The molecule has 0 saturated carbocycles. The van der Waals surface area contributed by atoms with Crippen LogP contribution in [0.2, 0.25) is 5.02 Å². The first kappa shape index (κ1) is 23.1. The molecule has 11 nitrogen and oxygen atoms in total. The number of para-hydroxylation sites is 1. The summed E-state index contributed by atoms with van der Waals surface area (Å²) in [6.07, 6.45) is 0.343. The number of hydrogen-bond donors (Lipinski definition) is 4. The molecular weight excluding hydrogens is 464 g/mol. The van der Waals surface area contributed by atoms with Crippen LogP contribution in [0.3, 0.4) is 0 Å². The summed E-state index contributed by atoms with van der Waals surface area (Å²) in [5, 5.41) is 25.1. The number of imidazole rings is 1. The van der Waals surface area contributed by atoms with Gasteiger partial charge in [-0.05, 0) is 36.4 Å². The topological polar surface area (TPSA) is 147 Å². The number of aryl methyl sites for hydroxylation is 1. The van der Waals surface area contributed by atoms with Crippen molar-refractivity contribution in [1.82, 2.24) is 19.1 Å². The first-order valence-electron chi connectivity index (χ1n) is 10.2. The van der Waals surface area contributed by atoms with Crippen LogP contribution in [0.1, 0.15) is 5.56 Å². The van der Waals surface area contributed by atoms with Gasteiger partial charge in [-0.15, -0.1) is 0 Å². The van der Waals surface area contributed by atoms with Gasteiger partial charge < -0.3 is 19.5 Å². The fraction of sp³-hybridized carbons (Fsp3) is 0.182. The van der Waals surface area contributed by atoms with Crippen molar-refractivity contribution < 1.29 is 14.9 Å². The minimum Gasteiger partial charge on any atom is -0.507 e. The first-order valence-corrected chi connectivity index (χ1v) is 10.5. The minimum absolute atomic E-state index is 0.0372. The van der Waals surface area contributed by atoms with Crippen molar-refractivity contribution in [3.63, 3.8) is 0 Å². The number of ether oxygens (including phenoxy) is 1. The third kappa shape index (κ3) is 4.95. The molecular formula is C22H21ClN6O5. The van der Waals surface area contributed by atoms with Gasteiger partial charge in [-0.25, -0.2) is 10.2 Å². The SMILES string of the molecule is Cn1c(=O)[nH]c(=O)c2c1nc(N/N=C/c1ccccc1O)n2C[C@H](O)COc1ccc(Cl)cc1. The second-order valence-electron chi connectivity index (χ2n) is 7.38. The van der Waals surface area contributed by atoms with E-state index in [0.717, 1.165) is 0 Å². The van der Waals surface area contributed by atoms with Crippen molar-refractivity contribution in [2.24, 2.45) is 12.1 Å². The molecule has 0 unspecified atom stereocenters. The summed E-state index contributed by atoms with van der Waals surface area (Å²) in [7, 11) is 1.47. The van der Waals surface area contributed by atoms with E-state index in [0.29, 0.717) is 16.3 Å². The summed E-state index contributed by atoms with van der Waals surface area (Å²) in [4.78, 5) is 31.1. The maximum Gasteiger partial charge on any atom is 0.329 e. The van der Waals surface area contributed by atoms with Crippen LogP contribution in [-0.4, -0.2) is 48.2 Å². The Morgan fingerprint density at radius 2 is 1.97 bits per heavy atom. The smallest absolute Gasteiger partial charge is 0.329 e. The maximum absolute atomic E-state index is 12.6. The van der Waals surface area contributed by atoms with E-state index in [1.807, 2.05) is 0 Å². The fourth-order valence-corrected chi connectivity index (χ4v) is 3.37. The van der Waals surface area contributed by atoms with Crippen LogP contribution in [-0.2, 0) is 13.6 Å². The average Bonchev–Trinajstić information content (AvgIpc) is 3.17. The fourth-order valence-electron chi connectivity index (χ4n) is 3.24. The molecule has 0 fully saturated rings. The van der Waals surface area contributed by atoms with Gasteiger partial charge in [0.15, 0.2) is 11.2 Å². The quantitative estimate of drug-likeness (QED) is 0.220. The number of fused-ring (bicyclic) bond motifs is 1. The summed E-state index contributed by atoms with van der Waals surface area (Å²) >= 11 is 5.87. The number of aliphatic hydroxyl groups is 1. The number of rotatable bonds is 8. The number of nitrogens with zero attached hydrogens (tertiary/aromatic N) is 4. The Bertz CT molecular complexity index is 1460. The molecule has 12 heteroatoms. The Hall–Kier alpha value is -4.09. The van der Waals surface area contributed by atoms with Crippen molar-refractivity contribution >= 4 is 34.9 Å². The highest BCUT2D eigenvalue weighted by molar-refractivity contribution is 6.30. The third-order valence-corrected chi connectivity index (χ3v) is 5.21. The zero-order valence-electron chi connectivity index (χ0n) is 18.0. The second-order valence-corrected chi connectivity index (χ2v) is 7.82. The Morgan fingerprint density at radius 1 is 1.24 bits per heavy atom. The monoisotopic (exact) mass is 484 g/mol. The lowest BCUT2D eigenvalue weighted by Crippen LogP contribution is -2.30. The molecule has 4 aromatic rings. The van der Waals surface area contributed by atoms with E-state index >= 15 is 0 Å². The number of hydrazone groups is 1. The number of aromatic amines is 1. The number of nitrogens with one attached hydrogen (secondary N) is 2. The molecule has 176 valence electrons. The van der Waals surface area contributed by atoms with Gasteiger partial charge >= 0.3 is 5.69 Å². The van der Waals surface area contributed by atoms with Gasteiger partial charge in [-0.2, -0.15) is 10.1 Å². The molecule has 34 heavy (non-hydrogen) atoms. The Kier molecular flexibility index (Phi) is 6.66. The lowest BCUT2D eigenvalue weighted by Gasteiger charge is -2.15. The summed E-state index contributed by atoms with van der Waals surface area (Å²) in [5.74, 6) is 0.666. The summed E-state index contributed by atoms with van der Waals surface area (Å²) < 4.78 is 8.18. The number of anilines is 1. The number of halogens is 1. The normalized spacial score (nSPS) is 12.3. The lowest BCUT2D eigenvalue weighted by molar-refractivity contribution is 0.0938. The highest BCUT2D eigenvalue weighted by Gasteiger charge is 2.20. The Balaban J connectivity index is 1.62. The molecule has 0 spiro atoms. The van der Waals surface area contributed by atoms with Crippen LogP contribution in [0.15, 0.2) is 63.2 Å². The van der Waals surface area contributed by atoms with E-state index < -0.39 is 17.4 Å². The Morgan fingerprint density at radius 3 is 2.71 bits per heavy atom. The molecule has 2 heterocycles. The summed E-state index contributed by atoms with van der Waals surface area (Å²) in [5.41, 5.74) is 2.07. The number of phenols is 1. The van der Waals surface area contributed by atoms with Crippen LogP contribution in [0.5, 0.6) is 11.5 Å². The second kappa shape index (κ2) is 9.81. The molecule has 2 aromatic heterocycles. The zero-order chi connectivity index (χ0) is 24.2. The third-order valence-electron chi connectivity index (χ3n) is 4.96. The molecule has 0 saturated heterocycles. The van der Waals surface area contributed by atoms with Crippen molar-refractivity contribution in [2.45, 2.75) is 12.6 Å². The number of aliphatic hydroxyl groups excluding tert-OH is 1. The number of benzene rings is 2.